The maximum atomic E-state index is 13.7. The van der Waals surface area contributed by atoms with Crippen LogP contribution in [0.15, 0.2) is 57.9 Å². The molecule has 0 bridgehead atoms. The highest BCUT2D eigenvalue weighted by Gasteiger charge is 2.27. The van der Waals surface area contributed by atoms with E-state index in [0.717, 1.165) is 18.9 Å². The molecule has 1 heterocycles. The van der Waals surface area contributed by atoms with E-state index in [1.54, 1.807) is 0 Å². The molecule has 2 amide bonds. The molecule has 30 heavy (non-hydrogen) atoms. The zero-order chi connectivity index (χ0) is 21.7. The summed E-state index contributed by atoms with van der Waals surface area (Å²) in [6.45, 7) is 0.988. The summed E-state index contributed by atoms with van der Waals surface area (Å²) < 4.78 is 40.7. The van der Waals surface area contributed by atoms with Crippen molar-refractivity contribution in [2.75, 3.05) is 13.1 Å². The molecule has 158 valence electrons. The molecule has 0 saturated carbocycles. The number of carbonyl (C=O) groups is 2. The second-order valence-electron chi connectivity index (χ2n) is 6.58. The molecule has 3 rings (SSSR count). The Kier molecular flexibility index (Phi) is 7.01. The number of halogens is 2. The van der Waals surface area contributed by atoms with Gasteiger partial charge in [0.05, 0.1) is 4.90 Å². The first-order valence-electron chi connectivity index (χ1n) is 9.11. The maximum Gasteiger partial charge on any atom is 0.269 e. The van der Waals surface area contributed by atoms with Gasteiger partial charge in [-0.2, -0.15) is 4.31 Å². The minimum absolute atomic E-state index is 0.115. The van der Waals surface area contributed by atoms with Gasteiger partial charge in [0.15, 0.2) is 0 Å². The van der Waals surface area contributed by atoms with Crippen molar-refractivity contribution in [1.82, 2.24) is 15.2 Å². The molecule has 0 unspecified atom stereocenters. The predicted octanol–water partition coefficient (Wildman–Crippen LogP) is 2.85. The highest BCUT2D eigenvalue weighted by molar-refractivity contribution is 9.10. The maximum absolute atomic E-state index is 13.7. The number of amides is 2. The van der Waals surface area contributed by atoms with E-state index in [0.29, 0.717) is 17.6 Å². The first-order chi connectivity index (χ1) is 14.3. The Labute approximate surface area is 182 Å². The lowest BCUT2D eigenvalue weighted by Gasteiger charge is -2.15. The number of carbonyl (C=O) groups excluding carboxylic acids is 2. The van der Waals surface area contributed by atoms with Crippen molar-refractivity contribution >= 4 is 43.8 Å². The average molecular weight is 496 g/mol. The van der Waals surface area contributed by atoms with Crippen LogP contribution in [0, 0.1) is 5.82 Å². The molecule has 1 aliphatic rings. The Morgan fingerprint density at radius 1 is 1.03 bits per heavy atom. The number of nitrogens with one attached hydrogen (secondary N) is 2. The molecule has 7 nitrogen and oxygen atoms in total. The number of nitrogens with zero attached hydrogens (tertiary/aromatic N) is 1. The number of benzene rings is 2. The molecule has 0 atom stereocenters. The lowest BCUT2D eigenvalue weighted by molar-refractivity contribution is -0.117. The minimum atomic E-state index is -3.56. The Balaban J connectivity index is 1.57. The van der Waals surface area contributed by atoms with Crippen LogP contribution < -0.4 is 10.9 Å². The number of sulfonamides is 1. The van der Waals surface area contributed by atoms with Gasteiger partial charge < -0.3 is 0 Å². The summed E-state index contributed by atoms with van der Waals surface area (Å²) in [5.41, 5.74) is 4.80. The smallest absolute Gasteiger partial charge is 0.268 e. The van der Waals surface area contributed by atoms with E-state index in [1.165, 1.54) is 52.8 Å². The standard InChI is InChI=1S/C20H19BrFN3O4S/c21-16-6-9-18(22)15(13-16)5-10-19(26)23-24-20(27)14-3-7-17(8-4-14)30(28,29)25-11-1-2-12-25/h3-10,13H,1-2,11-12H2,(H,23,26)(H,24,27)/b10-5+. The Hall–Kier alpha value is -2.56. The fraction of sp³-hybridized carbons (Fsp3) is 0.200. The van der Waals surface area contributed by atoms with Gasteiger partial charge in [0.1, 0.15) is 5.82 Å². The fourth-order valence-electron chi connectivity index (χ4n) is 2.90. The summed E-state index contributed by atoms with van der Waals surface area (Å²) in [5.74, 6) is -1.76. The third kappa shape index (κ3) is 5.32. The molecule has 0 radical (unpaired) electrons. The first kappa shape index (κ1) is 22.1. The van der Waals surface area contributed by atoms with Gasteiger partial charge in [-0.15, -0.1) is 0 Å². The quantitative estimate of drug-likeness (QED) is 0.492. The van der Waals surface area contributed by atoms with Crippen LogP contribution in [-0.2, 0) is 14.8 Å². The van der Waals surface area contributed by atoms with Gasteiger partial charge in [-0.1, -0.05) is 15.9 Å². The summed E-state index contributed by atoms with van der Waals surface area (Å²) in [7, 11) is -3.56. The summed E-state index contributed by atoms with van der Waals surface area (Å²) >= 11 is 3.22. The number of hydrogen-bond donors (Lipinski definition) is 2. The second-order valence-corrected chi connectivity index (χ2v) is 9.43. The Morgan fingerprint density at radius 3 is 2.37 bits per heavy atom. The molecular formula is C20H19BrFN3O4S. The van der Waals surface area contributed by atoms with Crippen molar-refractivity contribution in [3.8, 4) is 0 Å². The van der Waals surface area contributed by atoms with Crippen molar-refractivity contribution in [2.24, 2.45) is 0 Å². The molecule has 0 aromatic heterocycles. The molecule has 1 aliphatic heterocycles. The number of rotatable bonds is 5. The summed E-state index contributed by atoms with van der Waals surface area (Å²) in [4.78, 5) is 24.1. The zero-order valence-corrected chi connectivity index (χ0v) is 18.2. The van der Waals surface area contributed by atoms with E-state index in [-0.39, 0.29) is 16.0 Å². The third-order valence-electron chi connectivity index (χ3n) is 4.49. The average Bonchev–Trinajstić information content (AvgIpc) is 3.28. The van der Waals surface area contributed by atoms with Crippen LogP contribution in [0.2, 0.25) is 0 Å². The van der Waals surface area contributed by atoms with E-state index in [2.05, 4.69) is 26.8 Å². The zero-order valence-electron chi connectivity index (χ0n) is 15.8. The van der Waals surface area contributed by atoms with Gasteiger partial charge in [0.2, 0.25) is 10.0 Å². The lowest BCUT2D eigenvalue weighted by Crippen LogP contribution is -2.40. The summed E-state index contributed by atoms with van der Waals surface area (Å²) in [6.07, 6.45) is 4.03. The van der Waals surface area contributed by atoms with Crippen molar-refractivity contribution in [3.05, 3.63) is 70.0 Å². The van der Waals surface area contributed by atoms with Crippen LogP contribution in [0.3, 0.4) is 0 Å². The Bertz CT molecular complexity index is 1080. The van der Waals surface area contributed by atoms with Gasteiger partial charge in [-0.25, -0.2) is 12.8 Å². The molecule has 1 fully saturated rings. The van der Waals surface area contributed by atoms with Crippen LogP contribution in [0.1, 0.15) is 28.8 Å². The first-order valence-corrected chi connectivity index (χ1v) is 11.3. The molecule has 2 aromatic carbocycles. The number of hydrogen-bond acceptors (Lipinski definition) is 4. The van der Waals surface area contributed by atoms with Crippen molar-refractivity contribution in [3.63, 3.8) is 0 Å². The van der Waals surface area contributed by atoms with Gasteiger partial charge in [0, 0.05) is 34.8 Å². The molecule has 2 N–H and O–H groups in total. The van der Waals surface area contributed by atoms with Crippen LogP contribution >= 0.6 is 15.9 Å². The molecule has 0 spiro atoms. The second kappa shape index (κ2) is 9.50. The highest BCUT2D eigenvalue weighted by Crippen LogP contribution is 2.21. The molecule has 0 aliphatic carbocycles. The monoisotopic (exact) mass is 495 g/mol. The van der Waals surface area contributed by atoms with Gasteiger partial charge in [-0.05, 0) is 61.4 Å². The number of hydrazine groups is 1. The normalized spacial score (nSPS) is 14.7. The topological polar surface area (TPSA) is 95.6 Å². The van der Waals surface area contributed by atoms with Crippen molar-refractivity contribution in [2.45, 2.75) is 17.7 Å². The van der Waals surface area contributed by atoms with Gasteiger partial charge in [0.25, 0.3) is 11.8 Å². The van der Waals surface area contributed by atoms with E-state index in [9.17, 15) is 22.4 Å². The van der Waals surface area contributed by atoms with E-state index in [1.807, 2.05) is 0 Å². The van der Waals surface area contributed by atoms with Crippen LogP contribution in [-0.4, -0.2) is 37.6 Å². The van der Waals surface area contributed by atoms with Crippen LogP contribution in [0.25, 0.3) is 6.08 Å². The Morgan fingerprint density at radius 2 is 1.70 bits per heavy atom. The molecule has 10 heteroatoms. The van der Waals surface area contributed by atoms with Crippen LogP contribution in [0.4, 0.5) is 4.39 Å². The van der Waals surface area contributed by atoms with Crippen molar-refractivity contribution in [1.29, 1.82) is 0 Å². The lowest BCUT2D eigenvalue weighted by atomic mass is 10.2. The largest absolute Gasteiger partial charge is 0.269 e. The van der Waals surface area contributed by atoms with E-state index >= 15 is 0 Å². The summed E-state index contributed by atoms with van der Waals surface area (Å²) in [5, 5.41) is 0. The van der Waals surface area contributed by atoms with E-state index in [4.69, 9.17) is 0 Å². The fourth-order valence-corrected chi connectivity index (χ4v) is 4.79. The molecule has 1 saturated heterocycles. The van der Waals surface area contributed by atoms with Gasteiger partial charge in [-0.3, -0.25) is 20.4 Å². The van der Waals surface area contributed by atoms with E-state index < -0.39 is 27.7 Å². The molecule has 2 aromatic rings. The molecular weight excluding hydrogens is 477 g/mol. The van der Waals surface area contributed by atoms with Gasteiger partial charge >= 0.3 is 0 Å². The minimum Gasteiger partial charge on any atom is -0.268 e. The van der Waals surface area contributed by atoms with Crippen molar-refractivity contribution < 1.29 is 22.4 Å². The highest BCUT2D eigenvalue weighted by atomic mass is 79.9. The van der Waals surface area contributed by atoms with Crippen LogP contribution in [0.5, 0.6) is 0 Å². The third-order valence-corrected chi connectivity index (χ3v) is 6.90. The SMILES string of the molecule is O=C(/C=C/c1cc(Br)ccc1F)NNC(=O)c1ccc(S(=O)(=O)N2CCCC2)cc1. The summed E-state index contributed by atoms with van der Waals surface area (Å²) in [6, 6.07) is 9.77. The predicted molar refractivity (Wildman–Crippen MR) is 113 cm³/mol.